The zero-order valence-corrected chi connectivity index (χ0v) is 18.5. The molecule has 2 amide bonds. The van der Waals surface area contributed by atoms with Gasteiger partial charge >= 0.3 is 0 Å². The number of amides is 2. The quantitative estimate of drug-likeness (QED) is 0.673. The van der Waals surface area contributed by atoms with Crippen molar-refractivity contribution in [3.63, 3.8) is 0 Å². The molecule has 1 N–H and O–H groups in total. The highest BCUT2D eigenvalue weighted by atomic mass is 32.2. The predicted molar refractivity (Wildman–Crippen MR) is 113 cm³/mol. The van der Waals surface area contributed by atoms with Crippen LogP contribution in [0.15, 0.2) is 39.9 Å². The summed E-state index contributed by atoms with van der Waals surface area (Å²) in [5.41, 5.74) is -0.568. The van der Waals surface area contributed by atoms with Gasteiger partial charge in [0, 0.05) is 19.6 Å². The van der Waals surface area contributed by atoms with E-state index in [0.717, 1.165) is 23.5 Å². The molecule has 0 spiro atoms. The van der Waals surface area contributed by atoms with Crippen molar-refractivity contribution in [3.05, 3.63) is 47.3 Å². The van der Waals surface area contributed by atoms with Gasteiger partial charge in [0.15, 0.2) is 0 Å². The number of carbonyl (C=O) groups excluding carboxylic acids is 2. The summed E-state index contributed by atoms with van der Waals surface area (Å²) in [6.45, 7) is 1.83. The molecule has 168 valence electrons. The van der Waals surface area contributed by atoms with Gasteiger partial charge in [0.2, 0.25) is 11.8 Å². The number of para-hydroxylation sites is 1. The molecule has 0 saturated carbocycles. The Labute approximate surface area is 183 Å². The molecule has 1 aliphatic rings. The van der Waals surface area contributed by atoms with Crippen molar-refractivity contribution in [1.29, 1.82) is 0 Å². The van der Waals surface area contributed by atoms with Crippen LogP contribution in [0.5, 0.6) is 0 Å². The van der Waals surface area contributed by atoms with Gasteiger partial charge in [-0.3, -0.25) is 9.59 Å². The second-order valence-electron chi connectivity index (χ2n) is 7.13. The molecule has 1 saturated heterocycles. The lowest BCUT2D eigenvalue weighted by atomic mass is 9.98. The summed E-state index contributed by atoms with van der Waals surface area (Å²) in [6, 6.07) is 6.40. The van der Waals surface area contributed by atoms with Crippen LogP contribution in [-0.2, 0) is 19.6 Å². The summed E-state index contributed by atoms with van der Waals surface area (Å²) in [5, 5.41) is 3.84. The smallest absolute Gasteiger partial charge is 0.252 e. The van der Waals surface area contributed by atoms with E-state index in [0.29, 0.717) is 19.4 Å². The Morgan fingerprint density at radius 2 is 1.94 bits per heavy atom. The second kappa shape index (κ2) is 9.84. The molecule has 1 aromatic heterocycles. The molecule has 1 aliphatic heterocycles. The molecule has 11 heteroatoms. The molecule has 1 unspecified atom stereocenters. The van der Waals surface area contributed by atoms with E-state index in [1.54, 1.807) is 18.4 Å². The van der Waals surface area contributed by atoms with E-state index in [4.69, 9.17) is 0 Å². The molecule has 3 rings (SSSR count). The lowest BCUT2D eigenvalue weighted by Gasteiger charge is -2.33. The van der Waals surface area contributed by atoms with Crippen LogP contribution in [0.1, 0.15) is 19.8 Å². The van der Waals surface area contributed by atoms with E-state index in [1.807, 2.05) is 0 Å². The fraction of sp³-hybridized carbons (Fsp3) is 0.400. The third-order valence-electron chi connectivity index (χ3n) is 5.08. The maximum absolute atomic E-state index is 13.8. The summed E-state index contributed by atoms with van der Waals surface area (Å²) in [7, 11) is -3.67. The Balaban J connectivity index is 1.66. The van der Waals surface area contributed by atoms with E-state index in [1.165, 1.54) is 21.3 Å². The Hall–Kier alpha value is -2.37. The minimum atomic E-state index is -3.67. The molecule has 7 nitrogen and oxygen atoms in total. The lowest BCUT2D eigenvalue weighted by molar-refractivity contribution is -0.139. The molecule has 2 heterocycles. The number of anilines is 1. The highest BCUT2D eigenvalue weighted by molar-refractivity contribution is 7.91. The number of sulfonamides is 1. The molecule has 1 aromatic carbocycles. The van der Waals surface area contributed by atoms with Crippen LogP contribution in [0.25, 0.3) is 0 Å². The van der Waals surface area contributed by atoms with E-state index in [-0.39, 0.29) is 23.2 Å². The number of nitrogens with zero attached hydrogens (tertiary/aromatic N) is 2. The van der Waals surface area contributed by atoms with Crippen molar-refractivity contribution in [2.75, 3.05) is 31.5 Å². The van der Waals surface area contributed by atoms with E-state index in [9.17, 15) is 26.8 Å². The van der Waals surface area contributed by atoms with Crippen molar-refractivity contribution in [1.82, 2.24) is 9.21 Å². The first-order valence-electron chi connectivity index (χ1n) is 9.80. The highest BCUT2D eigenvalue weighted by Crippen LogP contribution is 2.27. The Morgan fingerprint density at radius 3 is 2.55 bits per heavy atom. The predicted octanol–water partition coefficient (Wildman–Crippen LogP) is 2.91. The number of benzene rings is 1. The first-order chi connectivity index (χ1) is 14.7. The topological polar surface area (TPSA) is 86.8 Å². The summed E-state index contributed by atoms with van der Waals surface area (Å²) in [4.78, 5) is 26.6. The van der Waals surface area contributed by atoms with E-state index >= 15 is 0 Å². The Morgan fingerprint density at radius 1 is 1.23 bits per heavy atom. The summed E-state index contributed by atoms with van der Waals surface area (Å²) < 4.78 is 54.6. The largest absolute Gasteiger partial charge is 0.333 e. The molecule has 31 heavy (non-hydrogen) atoms. The maximum Gasteiger partial charge on any atom is 0.252 e. The number of rotatable bonds is 7. The molecular formula is C20H23F2N3O4S2. The number of halogens is 2. The van der Waals surface area contributed by atoms with Gasteiger partial charge in [0.25, 0.3) is 10.0 Å². The first kappa shape index (κ1) is 23.3. The van der Waals surface area contributed by atoms with Crippen molar-refractivity contribution in [2.24, 2.45) is 5.92 Å². The van der Waals surface area contributed by atoms with Crippen molar-refractivity contribution >= 4 is 38.9 Å². The Bertz CT molecular complexity index is 1020. The molecule has 1 atom stereocenters. The molecule has 0 bridgehead atoms. The van der Waals surface area contributed by atoms with Crippen LogP contribution in [-0.4, -0.2) is 55.6 Å². The molecule has 1 fully saturated rings. The number of nitrogens with one attached hydrogen (secondary N) is 1. The van der Waals surface area contributed by atoms with Gasteiger partial charge in [-0.2, -0.15) is 4.31 Å². The number of thiophene rings is 1. The molecular weight excluding hydrogens is 448 g/mol. The SMILES string of the molecule is CCN(CC(=O)Nc1c(F)cccc1F)C(=O)C1CCCN(S(=O)(=O)c2cccs2)C1. The average Bonchev–Trinajstić information content (AvgIpc) is 3.30. The second-order valence-corrected chi connectivity index (χ2v) is 10.2. The summed E-state index contributed by atoms with van der Waals surface area (Å²) in [6.07, 6.45) is 1.01. The third-order valence-corrected chi connectivity index (χ3v) is 8.32. The zero-order chi connectivity index (χ0) is 22.6. The monoisotopic (exact) mass is 471 g/mol. The van der Waals surface area contributed by atoms with Gasteiger partial charge in [-0.15, -0.1) is 11.3 Å². The summed E-state index contributed by atoms with van der Waals surface area (Å²) >= 11 is 1.12. The number of hydrogen-bond acceptors (Lipinski definition) is 5. The average molecular weight is 472 g/mol. The number of carbonyl (C=O) groups is 2. The molecule has 0 radical (unpaired) electrons. The van der Waals surface area contributed by atoms with Crippen molar-refractivity contribution in [3.8, 4) is 0 Å². The van der Waals surface area contributed by atoms with Crippen molar-refractivity contribution < 1.29 is 26.8 Å². The van der Waals surface area contributed by atoms with Crippen LogP contribution < -0.4 is 5.32 Å². The van der Waals surface area contributed by atoms with Gasteiger partial charge in [-0.25, -0.2) is 17.2 Å². The zero-order valence-electron chi connectivity index (χ0n) is 16.9. The highest BCUT2D eigenvalue weighted by Gasteiger charge is 2.35. The minimum absolute atomic E-state index is 0.0269. The van der Waals surface area contributed by atoms with Crippen LogP contribution in [0, 0.1) is 17.6 Å². The maximum atomic E-state index is 13.8. The molecule has 0 aliphatic carbocycles. The van der Waals surface area contributed by atoms with E-state index < -0.39 is 45.7 Å². The van der Waals surface area contributed by atoms with Crippen LogP contribution in [0.4, 0.5) is 14.5 Å². The van der Waals surface area contributed by atoms with E-state index in [2.05, 4.69) is 5.32 Å². The molecule has 2 aromatic rings. The number of likely N-dealkylation sites (N-methyl/N-ethyl adjacent to an activating group) is 1. The van der Waals surface area contributed by atoms with Crippen LogP contribution in [0.3, 0.4) is 0 Å². The summed E-state index contributed by atoms with van der Waals surface area (Å²) in [5.74, 6) is -3.52. The van der Waals surface area contributed by atoms with Gasteiger partial charge in [0.05, 0.1) is 12.5 Å². The van der Waals surface area contributed by atoms with Gasteiger partial charge < -0.3 is 10.2 Å². The Kier molecular flexibility index (Phi) is 7.39. The normalized spacial score (nSPS) is 17.3. The van der Waals surface area contributed by atoms with Gasteiger partial charge in [-0.05, 0) is 43.3 Å². The fourth-order valence-electron chi connectivity index (χ4n) is 3.47. The standard InChI is InChI=1S/C20H23F2N3O4S2/c1-2-24(13-17(26)23-19-15(21)7-3-8-16(19)22)20(27)14-6-4-10-25(12-14)31(28,29)18-9-5-11-30-18/h3,5,7-9,11,14H,2,4,6,10,12-13H2,1H3,(H,23,26). The van der Waals surface area contributed by atoms with Gasteiger partial charge in [0.1, 0.15) is 21.5 Å². The fourth-order valence-corrected chi connectivity index (χ4v) is 6.14. The van der Waals surface area contributed by atoms with Crippen LogP contribution in [0.2, 0.25) is 0 Å². The third kappa shape index (κ3) is 5.28. The lowest BCUT2D eigenvalue weighted by Crippen LogP contribution is -2.48. The number of piperidine rings is 1. The van der Waals surface area contributed by atoms with Crippen LogP contribution >= 0.6 is 11.3 Å². The first-order valence-corrected chi connectivity index (χ1v) is 12.1. The minimum Gasteiger partial charge on any atom is -0.333 e. The number of hydrogen-bond donors (Lipinski definition) is 1. The van der Waals surface area contributed by atoms with Gasteiger partial charge in [-0.1, -0.05) is 12.1 Å². The van der Waals surface area contributed by atoms with Crippen molar-refractivity contribution in [2.45, 2.75) is 24.0 Å².